The molecule has 0 amide bonds. The minimum atomic E-state index is -0.555. The van der Waals surface area contributed by atoms with Crippen LogP contribution in [0, 0.1) is 10.1 Å². The Morgan fingerprint density at radius 1 is 1.67 bits per heavy atom. The maximum atomic E-state index is 10.6. The number of anilines is 1. The Kier molecular flexibility index (Phi) is 4.25. The molecule has 0 aliphatic carbocycles. The van der Waals surface area contributed by atoms with E-state index in [4.69, 9.17) is 10.8 Å². The van der Waals surface area contributed by atoms with E-state index in [1.165, 1.54) is 11.8 Å². The summed E-state index contributed by atoms with van der Waals surface area (Å²) >= 11 is 1.18. The zero-order valence-electron chi connectivity index (χ0n) is 7.79. The first-order valence-corrected chi connectivity index (χ1v) is 5.14. The van der Waals surface area contributed by atoms with Crippen molar-refractivity contribution in [3.05, 3.63) is 16.3 Å². The molecule has 7 nitrogen and oxygen atoms in total. The van der Waals surface area contributed by atoms with Gasteiger partial charge in [0.1, 0.15) is 6.20 Å². The van der Waals surface area contributed by atoms with E-state index in [0.29, 0.717) is 12.2 Å². The molecule has 0 aromatic carbocycles. The van der Waals surface area contributed by atoms with E-state index >= 15 is 0 Å². The number of nitrogen functional groups attached to an aromatic ring is 1. The number of hydrogen-bond donors (Lipinski definition) is 2. The lowest BCUT2D eigenvalue weighted by Crippen LogP contribution is -2.00. The molecule has 0 fully saturated rings. The Hall–Kier alpha value is -1.41. The number of nitrogens with two attached hydrogens (primary N) is 1. The number of aromatic nitrogens is 2. The number of aliphatic hydroxyl groups is 1. The van der Waals surface area contributed by atoms with Gasteiger partial charge in [-0.05, 0) is 6.42 Å². The van der Waals surface area contributed by atoms with Crippen LogP contribution in [0.1, 0.15) is 6.42 Å². The predicted molar refractivity (Wildman–Crippen MR) is 55.5 cm³/mol. The van der Waals surface area contributed by atoms with Gasteiger partial charge in [0.25, 0.3) is 0 Å². The number of nitrogens with zero attached hydrogens (tertiary/aromatic N) is 3. The number of thioether (sulfide) groups is 1. The van der Waals surface area contributed by atoms with Crippen molar-refractivity contribution in [1.82, 2.24) is 9.97 Å². The third-order valence-corrected chi connectivity index (χ3v) is 2.56. The standard InChI is InChI=1S/C7H10N4O3S/c8-7-9-4-5(11(13)14)6(10-7)15-3-1-2-12/h4,12H,1-3H2,(H2,8,9,10). The lowest BCUT2D eigenvalue weighted by molar-refractivity contribution is -0.388. The van der Waals surface area contributed by atoms with Gasteiger partial charge >= 0.3 is 5.69 Å². The highest BCUT2D eigenvalue weighted by Crippen LogP contribution is 2.26. The average molecular weight is 230 g/mol. The van der Waals surface area contributed by atoms with Crippen molar-refractivity contribution in [2.45, 2.75) is 11.4 Å². The quantitative estimate of drug-likeness (QED) is 0.248. The van der Waals surface area contributed by atoms with Crippen LogP contribution in [-0.2, 0) is 0 Å². The summed E-state index contributed by atoms with van der Waals surface area (Å²) < 4.78 is 0. The van der Waals surface area contributed by atoms with Crippen molar-refractivity contribution < 1.29 is 10.0 Å². The van der Waals surface area contributed by atoms with Gasteiger partial charge in [-0.2, -0.15) is 4.98 Å². The second kappa shape index (κ2) is 5.47. The summed E-state index contributed by atoms with van der Waals surface area (Å²) in [6.45, 7) is 0.0430. The van der Waals surface area contributed by atoms with Crippen molar-refractivity contribution in [3.8, 4) is 0 Å². The van der Waals surface area contributed by atoms with Gasteiger partial charge in [-0.1, -0.05) is 11.8 Å². The van der Waals surface area contributed by atoms with Crippen LogP contribution in [0.25, 0.3) is 0 Å². The van der Waals surface area contributed by atoms with Crippen molar-refractivity contribution in [2.75, 3.05) is 18.1 Å². The summed E-state index contributed by atoms with van der Waals surface area (Å²) in [4.78, 5) is 17.4. The molecule has 3 N–H and O–H groups in total. The maximum Gasteiger partial charge on any atom is 0.319 e. The molecule has 0 saturated heterocycles. The van der Waals surface area contributed by atoms with Crippen LogP contribution in [0.4, 0.5) is 11.6 Å². The molecule has 1 aromatic heterocycles. The fourth-order valence-corrected chi connectivity index (χ4v) is 1.74. The summed E-state index contributed by atoms with van der Waals surface area (Å²) in [6, 6.07) is 0. The van der Waals surface area contributed by atoms with Gasteiger partial charge in [0, 0.05) is 12.4 Å². The monoisotopic (exact) mass is 230 g/mol. The van der Waals surface area contributed by atoms with Crippen LogP contribution in [0.2, 0.25) is 0 Å². The Labute approximate surface area is 89.9 Å². The van der Waals surface area contributed by atoms with Crippen LogP contribution >= 0.6 is 11.8 Å². The first kappa shape index (κ1) is 11.7. The molecular weight excluding hydrogens is 220 g/mol. The molecule has 0 radical (unpaired) electrons. The van der Waals surface area contributed by atoms with E-state index in [2.05, 4.69) is 9.97 Å². The molecule has 0 bridgehead atoms. The predicted octanol–water partition coefficient (Wildman–Crippen LogP) is 0.441. The molecule has 0 aliphatic rings. The topological polar surface area (TPSA) is 115 Å². The summed E-state index contributed by atoms with van der Waals surface area (Å²) in [6.07, 6.45) is 1.63. The number of nitro groups is 1. The average Bonchev–Trinajstić information content (AvgIpc) is 2.18. The first-order valence-electron chi connectivity index (χ1n) is 4.15. The van der Waals surface area contributed by atoms with Crippen molar-refractivity contribution in [1.29, 1.82) is 0 Å². The van der Waals surface area contributed by atoms with Gasteiger partial charge in [0.05, 0.1) is 4.92 Å². The first-order chi connectivity index (χ1) is 7.15. The summed E-state index contributed by atoms with van der Waals surface area (Å²) in [5, 5.41) is 19.4. The second-order valence-electron chi connectivity index (χ2n) is 2.60. The zero-order valence-corrected chi connectivity index (χ0v) is 8.61. The molecule has 15 heavy (non-hydrogen) atoms. The summed E-state index contributed by atoms with van der Waals surface area (Å²) in [5.41, 5.74) is 5.16. The number of rotatable bonds is 5. The maximum absolute atomic E-state index is 10.6. The van der Waals surface area contributed by atoms with E-state index in [9.17, 15) is 10.1 Å². The van der Waals surface area contributed by atoms with Crippen LogP contribution in [-0.4, -0.2) is 32.4 Å². The molecule has 1 aromatic rings. The third-order valence-electron chi connectivity index (χ3n) is 1.49. The van der Waals surface area contributed by atoms with Gasteiger partial charge in [0.15, 0.2) is 5.03 Å². The minimum Gasteiger partial charge on any atom is -0.396 e. The van der Waals surface area contributed by atoms with Crippen molar-refractivity contribution in [3.63, 3.8) is 0 Å². The smallest absolute Gasteiger partial charge is 0.319 e. The number of aliphatic hydroxyl groups excluding tert-OH is 1. The van der Waals surface area contributed by atoms with Crippen LogP contribution < -0.4 is 5.73 Å². The van der Waals surface area contributed by atoms with Crippen LogP contribution in [0.15, 0.2) is 11.2 Å². The van der Waals surface area contributed by atoms with Crippen molar-refractivity contribution >= 4 is 23.4 Å². The Morgan fingerprint density at radius 2 is 2.40 bits per heavy atom. The van der Waals surface area contributed by atoms with Gasteiger partial charge in [0.2, 0.25) is 5.95 Å². The van der Waals surface area contributed by atoms with Gasteiger partial charge in [-0.3, -0.25) is 10.1 Å². The third kappa shape index (κ3) is 3.33. The lowest BCUT2D eigenvalue weighted by Gasteiger charge is -2.01. The Morgan fingerprint density at radius 3 is 3.00 bits per heavy atom. The molecule has 8 heteroatoms. The van der Waals surface area contributed by atoms with E-state index in [1.54, 1.807) is 0 Å². The highest BCUT2D eigenvalue weighted by molar-refractivity contribution is 7.99. The minimum absolute atomic E-state index is 0.00657. The fourth-order valence-electron chi connectivity index (χ4n) is 0.838. The second-order valence-corrected chi connectivity index (χ2v) is 3.68. The highest BCUT2D eigenvalue weighted by atomic mass is 32.2. The van der Waals surface area contributed by atoms with Crippen LogP contribution in [0.3, 0.4) is 0 Å². The molecule has 0 saturated carbocycles. The molecule has 0 aliphatic heterocycles. The lowest BCUT2D eigenvalue weighted by atomic mass is 10.5. The van der Waals surface area contributed by atoms with Gasteiger partial charge in [-0.15, -0.1) is 0 Å². The summed E-state index contributed by atoms with van der Waals surface area (Å²) in [7, 11) is 0. The molecular formula is C7H10N4O3S. The summed E-state index contributed by atoms with van der Waals surface area (Å²) in [5.74, 6) is 0.556. The SMILES string of the molecule is Nc1ncc([N+](=O)[O-])c(SCCCO)n1. The van der Waals surface area contributed by atoms with E-state index in [0.717, 1.165) is 6.20 Å². The van der Waals surface area contributed by atoms with Crippen molar-refractivity contribution in [2.24, 2.45) is 0 Å². The van der Waals surface area contributed by atoms with Crippen LogP contribution in [0.5, 0.6) is 0 Å². The van der Waals surface area contributed by atoms with Gasteiger partial charge in [-0.25, -0.2) is 4.98 Å². The van der Waals surface area contributed by atoms with E-state index in [1.807, 2.05) is 0 Å². The molecule has 1 heterocycles. The molecule has 0 spiro atoms. The molecule has 0 atom stereocenters. The molecule has 1 rings (SSSR count). The highest BCUT2D eigenvalue weighted by Gasteiger charge is 2.16. The number of hydrogen-bond acceptors (Lipinski definition) is 7. The van der Waals surface area contributed by atoms with E-state index < -0.39 is 4.92 Å². The normalized spacial score (nSPS) is 10.2. The largest absolute Gasteiger partial charge is 0.396 e. The zero-order chi connectivity index (χ0) is 11.3. The Balaban J connectivity index is 2.82. The Bertz CT molecular complexity index is 360. The van der Waals surface area contributed by atoms with E-state index in [-0.39, 0.29) is 23.3 Å². The molecule has 82 valence electrons. The molecule has 0 unspecified atom stereocenters. The van der Waals surface area contributed by atoms with Gasteiger partial charge < -0.3 is 10.8 Å². The fraction of sp³-hybridized carbons (Fsp3) is 0.429.